The summed E-state index contributed by atoms with van der Waals surface area (Å²) in [7, 11) is 0. The van der Waals surface area contributed by atoms with Crippen LogP contribution in [0.2, 0.25) is 5.02 Å². The number of aromatic nitrogens is 4. The number of rotatable bonds is 4. The molecule has 0 saturated carbocycles. The van der Waals surface area contributed by atoms with Gasteiger partial charge in [-0.15, -0.1) is 0 Å². The predicted octanol–water partition coefficient (Wildman–Crippen LogP) is 5.64. The second-order valence-corrected chi connectivity index (χ2v) is 12.8. The Morgan fingerprint density at radius 1 is 1.18 bits per heavy atom. The highest BCUT2D eigenvalue weighted by atomic mass is 35.5. The van der Waals surface area contributed by atoms with Gasteiger partial charge in [0.1, 0.15) is 22.9 Å². The first-order valence-corrected chi connectivity index (χ1v) is 14.9. The van der Waals surface area contributed by atoms with Crippen LogP contribution in [0, 0.1) is 12.7 Å². The standard InChI is InChI=1S/C32H37ClFN6O4/c1-18(2)26-27(19(3)12-13-39(26)43)40-29-22(16-23(33)25(35-29)21-10-8-9-11-24(21)34)28(36-30(40)41)38-15-14-37(17-20(38)4)31(42)44-32(5,6)7/h8-13,16,18,20,43H,14-15,17H2,1-7H3/q+1/t20-/m0/s1. The zero-order valence-electron chi connectivity index (χ0n) is 25.9. The van der Waals surface area contributed by atoms with E-state index in [1.54, 1.807) is 35.2 Å². The van der Waals surface area contributed by atoms with Crippen molar-refractivity contribution >= 4 is 34.5 Å². The van der Waals surface area contributed by atoms with Gasteiger partial charge in [0.05, 0.1) is 16.1 Å². The normalized spacial score (nSPS) is 15.7. The third kappa shape index (κ3) is 5.80. The minimum atomic E-state index is -0.630. The van der Waals surface area contributed by atoms with Gasteiger partial charge < -0.3 is 14.5 Å². The fourth-order valence-electron chi connectivity index (χ4n) is 5.61. The molecule has 12 heteroatoms. The van der Waals surface area contributed by atoms with Crippen LogP contribution in [0.5, 0.6) is 0 Å². The van der Waals surface area contributed by atoms with Gasteiger partial charge >= 0.3 is 11.8 Å². The fourth-order valence-corrected chi connectivity index (χ4v) is 5.87. The van der Waals surface area contributed by atoms with Crippen molar-refractivity contribution in [2.24, 2.45) is 0 Å². The SMILES string of the molecule is Cc1cc[n+](O)c(C(C)C)c1-n1c(=O)nc(N2CCN(C(=O)OC(C)(C)C)C[C@@H]2C)c2cc(Cl)c(-c3ccccc3F)nc21. The second-order valence-electron chi connectivity index (χ2n) is 12.4. The fraction of sp³-hybridized carbons (Fsp3) is 0.406. The van der Waals surface area contributed by atoms with E-state index in [1.807, 2.05) is 53.4 Å². The summed E-state index contributed by atoms with van der Waals surface area (Å²) < 4.78 is 22.9. The quantitative estimate of drug-likeness (QED) is 0.232. The summed E-state index contributed by atoms with van der Waals surface area (Å²) in [5, 5.41) is 11.4. The van der Waals surface area contributed by atoms with E-state index in [0.717, 1.165) is 4.73 Å². The number of carbonyl (C=O) groups is 1. The van der Waals surface area contributed by atoms with Gasteiger partial charge in [-0.3, -0.25) is 5.21 Å². The van der Waals surface area contributed by atoms with Gasteiger partial charge in [0, 0.05) is 48.0 Å². The largest absolute Gasteiger partial charge is 0.444 e. The molecule has 1 saturated heterocycles. The van der Waals surface area contributed by atoms with Crippen LogP contribution in [0.25, 0.3) is 28.0 Å². The van der Waals surface area contributed by atoms with Gasteiger partial charge in [-0.25, -0.2) is 23.5 Å². The van der Waals surface area contributed by atoms with E-state index < -0.39 is 23.2 Å². The Kier molecular flexibility index (Phi) is 8.28. The first kappa shape index (κ1) is 31.2. The number of benzene rings is 1. The van der Waals surface area contributed by atoms with Gasteiger partial charge in [0.15, 0.2) is 5.65 Å². The number of piperazine rings is 1. The topological polar surface area (TPSA) is 105 Å². The number of carbonyl (C=O) groups excluding carboxylic acids is 1. The van der Waals surface area contributed by atoms with Gasteiger partial charge in [-0.1, -0.05) is 37.6 Å². The van der Waals surface area contributed by atoms with E-state index in [-0.39, 0.29) is 33.9 Å². The number of aryl methyl sites for hydroxylation is 1. The zero-order chi connectivity index (χ0) is 32.1. The number of amides is 1. The third-order valence-electron chi connectivity index (χ3n) is 7.58. The molecule has 0 spiro atoms. The molecule has 1 atom stereocenters. The Balaban J connectivity index is 1.74. The lowest BCUT2D eigenvalue weighted by Gasteiger charge is -2.41. The molecule has 1 aliphatic rings. The van der Waals surface area contributed by atoms with Gasteiger partial charge in [-0.2, -0.15) is 4.98 Å². The molecule has 1 aliphatic heterocycles. The van der Waals surface area contributed by atoms with Crippen molar-refractivity contribution in [1.29, 1.82) is 0 Å². The summed E-state index contributed by atoms with van der Waals surface area (Å²) in [4.78, 5) is 39.8. The van der Waals surface area contributed by atoms with Gasteiger partial charge in [-0.05, 0) is 58.4 Å². The maximum absolute atomic E-state index is 15.0. The molecule has 0 aliphatic carbocycles. The highest BCUT2D eigenvalue weighted by molar-refractivity contribution is 6.33. The number of halogens is 2. The molecule has 0 unspecified atom stereocenters. The molecular formula is C32H37ClFN6O4+. The van der Waals surface area contributed by atoms with Gasteiger partial charge in [0.25, 0.3) is 5.69 Å². The summed E-state index contributed by atoms with van der Waals surface area (Å²) in [5.41, 5.74) is 0.919. The highest BCUT2D eigenvalue weighted by Gasteiger charge is 2.34. The van der Waals surface area contributed by atoms with E-state index in [9.17, 15) is 14.8 Å². The molecule has 4 aromatic rings. The molecule has 0 bridgehead atoms. The summed E-state index contributed by atoms with van der Waals surface area (Å²) >= 11 is 6.78. The summed E-state index contributed by atoms with van der Waals surface area (Å²) in [6.07, 6.45) is 1.11. The molecule has 44 heavy (non-hydrogen) atoms. The molecule has 1 N–H and O–H groups in total. The van der Waals surface area contributed by atoms with Crippen LogP contribution in [0.3, 0.4) is 0 Å². The van der Waals surface area contributed by atoms with Crippen LogP contribution >= 0.6 is 11.6 Å². The second kappa shape index (κ2) is 11.7. The van der Waals surface area contributed by atoms with Gasteiger partial charge in [0.2, 0.25) is 6.20 Å². The lowest BCUT2D eigenvalue weighted by atomic mass is 10.0. The van der Waals surface area contributed by atoms with Crippen LogP contribution in [0.15, 0.2) is 47.4 Å². The summed E-state index contributed by atoms with van der Waals surface area (Å²) in [6.45, 7) is 14.1. The first-order chi connectivity index (χ1) is 20.7. The average Bonchev–Trinajstić information content (AvgIpc) is 2.93. The lowest BCUT2D eigenvalue weighted by Crippen LogP contribution is -2.55. The van der Waals surface area contributed by atoms with Crippen molar-refractivity contribution in [2.45, 2.75) is 66.0 Å². The van der Waals surface area contributed by atoms with E-state index in [2.05, 4.69) is 4.98 Å². The van der Waals surface area contributed by atoms with Crippen molar-refractivity contribution in [2.75, 3.05) is 24.5 Å². The minimum absolute atomic E-state index is 0.168. The summed E-state index contributed by atoms with van der Waals surface area (Å²) in [6, 6.07) is 9.26. The van der Waals surface area contributed by atoms with Crippen molar-refractivity contribution in [3.63, 3.8) is 0 Å². The number of ether oxygens (including phenoxy) is 1. The zero-order valence-corrected chi connectivity index (χ0v) is 26.7. The van der Waals surface area contributed by atoms with Crippen molar-refractivity contribution in [1.82, 2.24) is 19.4 Å². The van der Waals surface area contributed by atoms with E-state index >= 15 is 4.39 Å². The van der Waals surface area contributed by atoms with Crippen LogP contribution in [-0.4, -0.2) is 62.0 Å². The Bertz CT molecular complexity index is 1820. The average molecular weight is 624 g/mol. The molecular weight excluding hydrogens is 587 g/mol. The van der Waals surface area contributed by atoms with Crippen molar-refractivity contribution in [3.8, 4) is 16.9 Å². The Hall–Kier alpha value is -4.25. The Labute approximate surface area is 260 Å². The monoisotopic (exact) mass is 623 g/mol. The number of pyridine rings is 2. The minimum Gasteiger partial charge on any atom is -0.444 e. The summed E-state index contributed by atoms with van der Waals surface area (Å²) in [5.74, 6) is -0.345. The molecule has 1 amide bonds. The number of anilines is 1. The third-order valence-corrected chi connectivity index (χ3v) is 7.87. The first-order valence-electron chi connectivity index (χ1n) is 14.6. The van der Waals surface area contributed by atoms with E-state index in [1.165, 1.54) is 16.8 Å². The van der Waals surface area contributed by atoms with Crippen molar-refractivity contribution < 1.29 is 23.9 Å². The van der Waals surface area contributed by atoms with Crippen LogP contribution in [0.1, 0.15) is 58.7 Å². The molecule has 1 fully saturated rings. The van der Waals surface area contributed by atoms with Crippen LogP contribution in [-0.2, 0) is 4.74 Å². The Morgan fingerprint density at radius 2 is 1.89 bits per heavy atom. The molecule has 5 rings (SSSR count). The van der Waals surface area contributed by atoms with Crippen LogP contribution in [0.4, 0.5) is 15.0 Å². The molecule has 3 aromatic heterocycles. The lowest BCUT2D eigenvalue weighted by molar-refractivity contribution is -0.910. The molecule has 1 aromatic carbocycles. The maximum atomic E-state index is 15.0. The van der Waals surface area contributed by atoms with Crippen molar-refractivity contribution in [3.05, 3.63) is 75.2 Å². The van der Waals surface area contributed by atoms with E-state index in [0.29, 0.717) is 47.8 Å². The molecule has 232 valence electrons. The number of fused-ring (bicyclic) bond motifs is 1. The highest BCUT2D eigenvalue weighted by Crippen LogP contribution is 2.36. The Morgan fingerprint density at radius 3 is 2.52 bits per heavy atom. The number of nitrogens with zero attached hydrogens (tertiary/aromatic N) is 6. The maximum Gasteiger partial charge on any atom is 0.410 e. The van der Waals surface area contributed by atoms with E-state index in [4.69, 9.17) is 21.3 Å². The molecule has 4 heterocycles. The molecule has 10 nitrogen and oxygen atoms in total. The number of hydrogen-bond acceptors (Lipinski definition) is 7. The number of hydrogen-bond donors (Lipinski definition) is 1. The smallest absolute Gasteiger partial charge is 0.410 e. The van der Waals surface area contributed by atoms with Crippen LogP contribution < -0.4 is 15.3 Å². The predicted molar refractivity (Wildman–Crippen MR) is 166 cm³/mol. The molecule has 0 radical (unpaired) electrons.